The smallest absolute Gasteiger partial charge is 0.462 e. The number of phosphoric acid groups is 2. The first-order valence-corrected chi connectivity index (χ1v) is 40.0. The lowest BCUT2D eigenvalue weighted by atomic mass is 10.0. The van der Waals surface area contributed by atoms with Crippen LogP contribution in [0, 0.1) is 11.8 Å². The third-order valence-corrected chi connectivity index (χ3v) is 18.4. The van der Waals surface area contributed by atoms with Crippen molar-refractivity contribution < 1.29 is 80.2 Å². The zero-order chi connectivity index (χ0) is 66.5. The highest BCUT2D eigenvalue weighted by Gasteiger charge is 2.30. The predicted molar refractivity (Wildman–Crippen MR) is 363 cm³/mol. The number of esters is 4. The van der Waals surface area contributed by atoms with E-state index in [0.717, 1.165) is 127 Å². The summed E-state index contributed by atoms with van der Waals surface area (Å²) in [4.78, 5) is 72.3. The molecule has 0 radical (unpaired) electrons. The Balaban J connectivity index is 5.12. The number of unbranched alkanes of at least 4 members (excludes halogenated alkanes) is 40. The fourth-order valence-electron chi connectivity index (χ4n) is 10.8. The van der Waals surface area contributed by atoms with Gasteiger partial charge in [0.25, 0.3) is 0 Å². The van der Waals surface area contributed by atoms with E-state index >= 15 is 0 Å². The van der Waals surface area contributed by atoms with Gasteiger partial charge in [-0.25, -0.2) is 9.13 Å². The van der Waals surface area contributed by atoms with Crippen LogP contribution < -0.4 is 0 Å². The van der Waals surface area contributed by atoms with E-state index in [1.807, 2.05) is 0 Å². The SMILES string of the molecule is CCCCCCCCCC(=O)OC[C@H](COP(=O)(O)OC[C@H](O)COP(=O)(O)OC[C@@H](COC(=O)CCCCCCCCCCCCCCC(C)C)OC(=O)CCCCCCCCCCCCCCCCCCCCC(C)C)OC(=O)CCCCCCCCC. The quantitative estimate of drug-likeness (QED) is 0.0222. The molecule has 0 aromatic heterocycles. The van der Waals surface area contributed by atoms with Crippen LogP contribution in [0.15, 0.2) is 0 Å². The summed E-state index contributed by atoms with van der Waals surface area (Å²) >= 11 is 0. The van der Waals surface area contributed by atoms with E-state index < -0.39 is 97.5 Å². The minimum Gasteiger partial charge on any atom is -0.462 e. The largest absolute Gasteiger partial charge is 0.472 e. The molecule has 90 heavy (non-hydrogen) atoms. The van der Waals surface area contributed by atoms with Crippen LogP contribution in [0.5, 0.6) is 0 Å². The molecule has 2 unspecified atom stereocenters. The average molecular weight is 1330 g/mol. The number of hydrogen-bond acceptors (Lipinski definition) is 15. The first-order valence-electron chi connectivity index (χ1n) is 37.0. The van der Waals surface area contributed by atoms with Crippen molar-refractivity contribution in [3.8, 4) is 0 Å². The number of rotatable bonds is 70. The second-order valence-corrected chi connectivity index (χ2v) is 29.5. The molecular weight excluding hydrogens is 1190 g/mol. The molecule has 19 heteroatoms. The van der Waals surface area contributed by atoms with Crippen molar-refractivity contribution in [2.24, 2.45) is 11.8 Å². The maximum atomic E-state index is 13.0. The van der Waals surface area contributed by atoms with Crippen LogP contribution in [0.4, 0.5) is 0 Å². The summed E-state index contributed by atoms with van der Waals surface area (Å²) in [6, 6.07) is 0. The van der Waals surface area contributed by atoms with E-state index in [4.69, 9.17) is 37.0 Å². The number of carbonyl (C=O) groups is 4. The number of phosphoric ester groups is 2. The van der Waals surface area contributed by atoms with Crippen LogP contribution in [0.1, 0.15) is 363 Å². The number of ether oxygens (including phenoxy) is 4. The Bertz CT molecular complexity index is 1750. The highest BCUT2D eigenvalue weighted by Crippen LogP contribution is 2.45. The van der Waals surface area contributed by atoms with Crippen molar-refractivity contribution in [2.75, 3.05) is 39.6 Å². The first kappa shape index (κ1) is 88.1. The van der Waals surface area contributed by atoms with E-state index in [2.05, 4.69) is 41.5 Å². The van der Waals surface area contributed by atoms with E-state index in [1.54, 1.807) is 0 Å². The molecule has 3 N–H and O–H groups in total. The highest BCUT2D eigenvalue weighted by atomic mass is 31.2. The van der Waals surface area contributed by atoms with Crippen LogP contribution in [0.3, 0.4) is 0 Å². The van der Waals surface area contributed by atoms with Crippen molar-refractivity contribution in [1.29, 1.82) is 0 Å². The molecule has 0 aliphatic heterocycles. The molecule has 17 nitrogen and oxygen atoms in total. The van der Waals surface area contributed by atoms with Gasteiger partial charge in [0.15, 0.2) is 12.2 Å². The Morgan fingerprint density at radius 3 is 0.756 bits per heavy atom. The van der Waals surface area contributed by atoms with E-state index in [9.17, 15) is 43.2 Å². The lowest BCUT2D eigenvalue weighted by molar-refractivity contribution is -0.161. The van der Waals surface area contributed by atoms with Gasteiger partial charge in [-0.15, -0.1) is 0 Å². The first-order chi connectivity index (χ1) is 43.4. The second kappa shape index (κ2) is 63.1. The standard InChI is InChI=1S/C71H138O17P2/c1-7-9-11-13-33-41-47-53-68(73)81-59-66(87-70(75)55-49-43-34-14-12-10-8-2)61-85-89(77,78)83-57-65(72)58-84-90(79,80)86-62-67(60-82-69(74)54-48-42-37-31-27-24-23-26-30-36-40-46-52-64(5)6)88-71(76)56-50-44-38-32-28-22-20-18-16-15-17-19-21-25-29-35-39-45-51-63(3)4/h63-67,72H,7-62H2,1-6H3,(H,77,78)(H,79,80)/t65-,66+,67+/m0/s1. The molecule has 0 spiro atoms. The van der Waals surface area contributed by atoms with Crippen molar-refractivity contribution in [1.82, 2.24) is 0 Å². The van der Waals surface area contributed by atoms with Gasteiger partial charge in [0.05, 0.1) is 26.4 Å². The fraction of sp³-hybridized carbons (Fsp3) is 0.944. The Morgan fingerprint density at radius 2 is 0.511 bits per heavy atom. The normalized spacial score (nSPS) is 14.1. The maximum absolute atomic E-state index is 13.0. The summed E-state index contributed by atoms with van der Waals surface area (Å²) < 4.78 is 68.1. The molecule has 0 saturated carbocycles. The average Bonchev–Trinajstić information content (AvgIpc) is 2.71. The zero-order valence-electron chi connectivity index (χ0n) is 58.4. The van der Waals surface area contributed by atoms with Gasteiger partial charge in [0, 0.05) is 25.7 Å². The number of carbonyl (C=O) groups excluding carboxylic acids is 4. The van der Waals surface area contributed by atoms with Crippen molar-refractivity contribution in [2.45, 2.75) is 381 Å². The van der Waals surface area contributed by atoms with Gasteiger partial charge in [-0.3, -0.25) is 37.3 Å². The molecular formula is C71H138O17P2. The zero-order valence-corrected chi connectivity index (χ0v) is 60.2. The molecule has 0 rings (SSSR count). The van der Waals surface area contributed by atoms with Crippen LogP contribution in [-0.4, -0.2) is 96.7 Å². The molecule has 0 saturated heterocycles. The van der Waals surface area contributed by atoms with Gasteiger partial charge in [-0.1, -0.05) is 311 Å². The number of aliphatic hydroxyl groups is 1. The lowest BCUT2D eigenvalue weighted by Crippen LogP contribution is -2.30. The van der Waals surface area contributed by atoms with Gasteiger partial charge in [-0.05, 0) is 37.5 Å². The fourth-order valence-corrected chi connectivity index (χ4v) is 12.3. The summed E-state index contributed by atoms with van der Waals surface area (Å²) in [6.07, 6.45) is 49.0. The third kappa shape index (κ3) is 64.8. The molecule has 0 fully saturated rings. The minimum atomic E-state index is -4.95. The van der Waals surface area contributed by atoms with Gasteiger partial charge in [0.2, 0.25) is 0 Å². The van der Waals surface area contributed by atoms with Crippen LogP contribution in [0.25, 0.3) is 0 Å². The molecule has 0 amide bonds. The van der Waals surface area contributed by atoms with Gasteiger partial charge in [0.1, 0.15) is 19.3 Å². The Labute approximate surface area is 549 Å². The maximum Gasteiger partial charge on any atom is 0.472 e. The van der Waals surface area contributed by atoms with E-state index in [1.165, 1.54) is 154 Å². The summed E-state index contributed by atoms with van der Waals surface area (Å²) in [5.41, 5.74) is 0. The molecule has 0 heterocycles. The molecule has 5 atom stereocenters. The van der Waals surface area contributed by atoms with E-state index in [0.29, 0.717) is 25.7 Å². The number of aliphatic hydroxyl groups excluding tert-OH is 1. The monoisotopic (exact) mass is 1320 g/mol. The Morgan fingerprint density at radius 1 is 0.300 bits per heavy atom. The summed E-state index contributed by atoms with van der Waals surface area (Å²) in [7, 11) is -9.89. The topological polar surface area (TPSA) is 237 Å². The minimum absolute atomic E-state index is 0.103. The van der Waals surface area contributed by atoms with Crippen LogP contribution in [-0.2, 0) is 65.4 Å². The highest BCUT2D eigenvalue weighted by molar-refractivity contribution is 7.47. The second-order valence-electron chi connectivity index (χ2n) is 26.6. The van der Waals surface area contributed by atoms with Gasteiger partial charge >= 0.3 is 39.5 Å². The molecule has 0 aromatic carbocycles. The predicted octanol–water partition coefficient (Wildman–Crippen LogP) is 20.4. The lowest BCUT2D eigenvalue weighted by Gasteiger charge is -2.21. The van der Waals surface area contributed by atoms with Crippen LogP contribution in [0.2, 0.25) is 0 Å². The van der Waals surface area contributed by atoms with Gasteiger partial charge in [-0.2, -0.15) is 0 Å². The van der Waals surface area contributed by atoms with E-state index in [-0.39, 0.29) is 25.7 Å². The number of hydrogen-bond donors (Lipinski definition) is 3. The molecule has 0 aromatic rings. The molecule has 0 aliphatic carbocycles. The van der Waals surface area contributed by atoms with Crippen molar-refractivity contribution >= 4 is 39.5 Å². The van der Waals surface area contributed by atoms with Crippen molar-refractivity contribution in [3.63, 3.8) is 0 Å². The summed E-state index contributed by atoms with van der Waals surface area (Å²) in [6.45, 7) is 9.51. The van der Waals surface area contributed by atoms with Gasteiger partial charge < -0.3 is 33.8 Å². The Hall–Kier alpha value is -1.94. The third-order valence-electron chi connectivity index (χ3n) is 16.5. The van der Waals surface area contributed by atoms with Crippen LogP contribution >= 0.6 is 15.6 Å². The summed E-state index contributed by atoms with van der Waals surface area (Å²) in [5, 5.41) is 10.6. The molecule has 534 valence electrons. The molecule has 0 aliphatic rings. The summed E-state index contributed by atoms with van der Waals surface area (Å²) in [5.74, 6) is -0.531. The Kier molecular flexibility index (Phi) is 61.8. The van der Waals surface area contributed by atoms with Crippen molar-refractivity contribution in [3.05, 3.63) is 0 Å². The molecule has 0 bridgehead atoms.